The van der Waals surface area contributed by atoms with E-state index >= 15 is 0 Å². The predicted molar refractivity (Wildman–Crippen MR) is 267 cm³/mol. The molecule has 2 aromatic heterocycles. The molecule has 65 heavy (non-hydrogen) atoms. The third-order valence-electron chi connectivity index (χ3n) is 13.0. The summed E-state index contributed by atoms with van der Waals surface area (Å²) in [5.41, 5.74) is 17.1. The van der Waals surface area contributed by atoms with Gasteiger partial charge < -0.3 is 9.32 Å². The van der Waals surface area contributed by atoms with Gasteiger partial charge in [-0.1, -0.05) is 190 Å². The largest absolute Gasteiger partial charge is 0.455 e. The second-order valence-electron chi connectivity index (χ2n) is 17.2. The molecule has 0 amide bonds. The van der Waals surface area contributed by atoms with Crippen LogP contribution in [0.3, 0.4) is 0 Å². The van der Waals surface area contributed by atoms with Crippen LogP contribution in [0.2, 0.25) is 0 Å². The zero-order valence-electron chi connectivity index (χ0n) is 36.0. The van der Waals surface area contributed by atoms with Crippen LogP contribution in [0.15, 0.2) is 223 Å². The predicted octanol–water partition coefficient (Wildman–Crippen LogP) is 15.9. The first-order valence-corrected chi connectivity index (χ1v) is 22.1. The zero-order chi connectivity index (χ0) is 43.5. The minimum Gasteiger partial charge on any atom is -0.455 e. The van der Waals surface area contributed by atoms with Crippen LogP contribution in [-0.2, 0) is 5.41 Å². The Balaban J connectivity index is 0.957. The molecule has 1 aliphatic rings. The van der Waals surface area contributed by atoms with Crippen LogP contribution < -0.4 is 4.90 Å². The van der Waals surface area contributed by atoms with Crippen molar-refractivity contribution in [3.05, 3.63) is 230 Å². The van der Waals surface area contributed by atoms with Gasteiger partial charge in [0, 0.05) is 49.9 Å². The van der Waals surface area contributed by atoms with Crippen LogP contribution in [0.25, 0.3) is 89.5 Å². The highest BCUT2D eigenvalue weighted by Gasteiger charge is 2.35. The maximum absolute atomic E-state index is 6.96. The Bertz CT molecular complexity index is 3490. The molecular weight excluding hydrogens is 793 g/mol. The quantitative estimate of drug-likeness (QED) is 0.153. The Labute approximate surface area is 378 Å². The van der Waals surface area contributed by atoms with E-state index in [1.165, 1.54) is 33.4 Å². The van der Waals surface area contributed by atoms with Crippen LogP contribution in [0.4, 0.5) is 17.1 Å². The minimum absolute atomic E-state index is 0.127. The van der Waals surface area contributed by atoms with Crippen molar-refractivity contribution in [3.8, 4) is 67.5 Å². The molecule has 0 spiro atoms. The lowest BCUT2D eigenvalue weighted by Gasteiger charge is -2.28. The molecule has 0 aliphatic heterocycles. The van der Waals surface area contributed by atoms with Crippen molar-refractivity contribution < 1.29 is 4.42 Å². The maximum atomic E-state index is 6.96. The standard InChI is InChI=1S/C60H42N4O/c1-60(2)53-27-13-12-22-48(53)49-37-36-46(38-54(49)60)64(44-32-28-40(29-33-44)39-16-6-3-7-17-39)45-34-30-41(31-35-45)47-23-14-24-50-51-25-15-26-52(56(51)65-55(47)50)59-62-57(42-18-8-4-9-19-42)61-58(63-59)43-20-10-5-11-21-43/h3-38H,1-2H3. The highest BCUT2D eigenvalue weighted by atomic mass is 16.3. The fourth-order valence-electron chi connectivity index (χ4n) is 9.65. The SMILES string of the molecule is CC1(C)c2ccccc2-c2ccc(N(c3ccc(-c4ccccc4)cc3)c3ccc(-c4cccc5c4oc4c(-c6nc(-c7ccccc7)nc(-c7ccccc7)n6)cccc45)cc3)cc21. The Morgan fingerprint density at radius 3 is 1.40 bits per heavy atom. The molecular formula is C60H42N4O. The van der Waals surface area contributed by atoms with Crippen LogP contribution in [-0.4, -0.2) is 15.0 Å². The lowest BCUT2D eigenvalue weighted by Crippen LogP contribution is -2.16. The van der Waals surface area contributed by atoms with E-state index in [1.54, 1.807) is 0 Å². The molecule has 0 atom stereocenters. The second kappa shape index (κ2) is 15.4. The van der Waals surface area contributed by atoms with Crippen molar-refractivity contribution in [1.82, 2.24) is 15.0 Å². The second-order valence-corrected chi connectivity index (χ2v) is 17.2. The third-order valence-corrected chi connectivity index (χ3v) is 13.0. The highest BCUT2D eigenvalue weighted by Crippen LogP contribution is 2.51. The van der Waals surface area contributed by atoms with Gasteiger partial charge in [-0.3, -0.25) is 0 Å². The summed E-state index contributed by atoms with van der Waals surface area (Å²) in [4.78, 5) is 17.4. The summed E-state index contributed by atoms with van der Waals surface area (Å²) in [5, 5.41) is 2.04. The number of furan rings is 1. The third kappa shape index (κ3) is 6.59. The number of hydrogen-bond donors (Lipinski definition) is 0. The van der Waals surface area contributed by atoms with Crippen molar-refractivity contribution in [3.63, 3.8) is 0 Å². The molecule has 0 unspecified atom stereocenters. The summed E-state index contributed by atoms with van der Waals surface area (Å²) >= 11 is 0. The van der Waals surface area contributed by atoms with Crippen molar-refractivity contribution in [2.75, 3.05) is 4.90 Å². The van der Waals surface area contributed by atoms with Crippen molar-refractivity contribution >= 4 is 39.0 Å². The Morgan fingerprint density at radius 1 is 0.338 bits per heavy atom. The average Bonchev–Trinajstić information content (AvgIpc) is 3.87. The van der Waals surface area contributed by atoms with Gasteiger partial charge in [-0.2, -0.15) is 0 Å². The summed E-state index contributed by atoms with van der Waals surface area (Å²) in [6.45, 7) is 4.68. The van der Waals surface area contributed by atoms with Gasteiger partial charge in [0.1, 0.15) is 11.2 Å². The van der Waals surface area contributed by atoms with Gasteiger partial charge in [0.2, 0.25) is 0 Å². The number of anilines is 3. The number of para-hydroxylation sites is 2. The van der Waals surface area contributed by atoms with Crippen molar-refractivity contribution in [2.45, 2.75) is 19.3 Å². The van der Waals surface area contributed by atoms with Gasteiger partial charge in [0.05, 0.1) is 5.56 Å². The van der Waals surface area contributed by atoms with E-state index in [-0.39, 0.29) is 5.41 Å². The first-order chi connectivity index (χ1) is 32.0. The van der Waals surface area contributed by atoms with Gasteiger partial charge >= 0.3 is 0 Å². The van der Waals surface area contributed by atoms with Gasteiger partial charge in [-0.25, -0.2) is 15.0 Å². The number of fused-ring (bicyclic) bond motifs is 6. The molecule has 308 valence electrons. The molecule has 2 heterocycles. The first kappa shape index (κ1) is 38.3. The van der Waals surface area contributed by atoms with Crippen LogP contribution in [0, 0.1) is 0 Å². The van der Waals surface area contributed by atoms with E-state index in [2.05, 4.69) is 170 Å². The summed E-state index contributed by atoms with van der Waals surface area (Å²) < 4.78 is 6.96. The van der Waals surface area contributed by atoms with Crippen LogP contribution >= 0.6 is 0 Å². The fraction of sp³-hybridized carbons (Fsp3) is 0.0500. The lowest BCUT2D eigenvalue weighted by atomic mass is 9.82. The van der Waals surface area contributed by atoms with Gasteiger partial charge in [-0.05, 0) is 81.4 Å². The van der Waals surface area contributed by atoms with E-state index in [0.29, 0.717) is 17.5 Å². The molecule has 0 radical (unpaired) electrons. The van der Waals surface area contributed by atoms with Gasteiger partial charge in [0.25, 0.3) is 0 Å². The number of aromatic nitrogens is 3. The van der Waals surface area contributed by atoms with Crippen molar-refractivity contribution in [1.29, 1.82) is 0 Å². The van der Waals surface area contributed by atoms with Gasteiger partial charge in [-0.15, -0.1) is 0 Å². The first-order valence-electron chi connectivity index (χ1n) is 22.1. The summed E-state index contributed by atoms with van der Waals surface area (Å²) in [6.07, 6.45) is 0. The molecule has 0 saturated carbocycles. The minimum atomic E-state index is -0.127. The molecule has 5 heteroatoms. The monoisotopic (exact) mass is 834 g/mol. The number of hydrogen-bond acceptors (Lipinski definition) is 5. The average molecular weight is 835 g/mol. The number of rotatable bonds is 8. The molecule has 11 aromatic rings. The molecule has 12 rings (SSSR count). The lowest BCUT2D eigenvalue weighted by molar-refractivity contribution is 0.660. The molecule has 9 aromatic carbocycles. The molecule has 5 nitrogen and oxygen atoms in total. The molecule has 1 aliphatic carbocycles. The van der Waals surface area contributed by atoms with Crippen molar-refractivity contribution in [2.24, 2.45) is 0 Å². The van der Waals surface area contributed by atoms with E-state index in [4.69, 9.17) is 19.4 Å². The summed E-state index contributed by atoms with van der Waals surface area (Å²) in [7, 11) is 0. The summed E-state index contributed by atoms with van der Waals surface area (Å²) in [5.74, 6) is 1.78. The smallest absolute Gasteiger partial charge is 0.167 e. The molecule has 0 N–H and O–H groups in total. The Hall–Kier alpha value is -8.41. The zero-order valence-corrected chi connectivity index (χ0v) is 36.0. The Morgan fingerprint density at radius 2 is 0.785 bits per heavy atom. The molecule has 0 fully saturated rings. The van der Waals surface area contributed by atoms with Gasteiger partial charge in [0.15, 0.2) is 17.5 Å². The van der Waals surface area contributed by atoms with E-state index in [1.807, 2.05) is 66.7 Å². The van der Waals surface area contributed by atoms with Crippen LogP contribution in [0.1, 0.15) is 25.0 Å². The topological polar surface area (TPSA) is 55.1 Å². The summed E-state index contributed by atoms with van der Waals surface area (Å²) in [6, 6.07) is 76.8. The van der Waals surface area contributed by atoms with E-state index < -0.39 is 0 Å². The molecule has 0 bridgehead atoms. The van der Waals surface area contributed by atoms with E-state index in [0.717, 1.165) is 66.8 Å². The maximum Gasteiger partial charge on any atom is 0.167 e. The number of benzene rings is 9. The number of nitrogens with zero attached hydrogens (tertiary/aromatic N) is 4. The Kier molecular flexibility index (Phi) is 9.09. The van der Waals surface area contributed by atoms with E-state index in [9.17, 15) is 0 Å². The molecule has 0 saturated heterocycles. The highest BCUT2D eigenvalue weighted by molar-refractivity contribution is 6.12. The van der Waals surface area contributed by atoms with Crippen LogP contribution in [0.5, 0.6) is 0 Å². The normalized spacial score (nSPS) is 12.6. The fourth-order valence-corrected chi connectivity index (χ4v) is 9.65.